The van der Waals surface area contributed by atoms with Crippen molar-refractivity contribution >= 4 is 39.9 Å². The van der Waals surface area contributed by atoms with Gasteiger partial charge in [-0.2, -0.15) is 4.98 Å². The molecule has 10 nitrogen and oxygen atoms in total. The molecular weight excluding hydrogens is 346 g/mol. The van der Waals surface area contributed by atoms with Crippen LogP contribution < -0.4 is 16.7 Å². The first-order valence-electron chi connectivity index (χ1n) is 7.86. The van der Waals surface area contributed by atoms with E-state index >= 15 is 0 Å². The molecule has 0 aromatic carbocycles. The van der Waals surface area contributed by atoms with Gasteiger partial charge < -0.3 is 4.98 Å². The SMILES string of the molecule is CCCCN1C(=O)CS/C1=N\Nc1nc2c([nH]1)c(=O)n(C)c(=O)n2C. The van der Waals surface area contributed by atoms with Crippen LogP contribution in [0.2, 0.25) is 0 Å². The lowest BCUT2D eigenvalue weighted by molar-refractivity contribution is -0.124. The van der Waals surface area contributed by atoms with Crippen molar-refractivity contribution in [1.29, 1.82) is 0 Å². The molecule has 0 atom stereocenters. The quantitative estimate of drug-likeness (QED) is 0.721. The number of aromatic nitrogens is 4. The maximum Gasteiger partial charge on any atom is 0.332 e. The Morgan fingerprint density at radius 1 is 1.28 bits per heavy atom. The van der Waals surface area contributed by atoms with Gasteiger partial charge in [-0.3, -0.25) is 23.6 Å². The minimum atomic E-state index is -0.457. The lowest BCUT2D eigenvalue weighted by Crippen LogP contribution is -2.36. The average Bonchev–Trinajstić information content (AvgIpc) is 3.18. The summed E-state index contributed by atoms with van der Waals surface area (Å²) in [7, 11) is 2.95. The van der Waals surface area contributed by atoms with Crippen LogP contribution in [0.4, 0.5) is 5.95 Å². The molecule has 2 aromatic heterocycles. The molecule has 3 heterocycles. The zero-order valence-electron chi connectivity index (χ0n) is 14.2. The molecule has 0 unspecified atom stereocenters. The van der Waals surface area contributed by atoms with Gasteiger partial charge in [-0.25, -0.2) is 10.2 Å². The number of rotatable bonds is 5. The van der Waals surface area contributed by atoms with E-state index in [1.165, 1.54) is 23.4 Å². The van der Waals surface area contributed by atoms with Gasteiger partial charge in [-0.15, -0.1) is 5.10 Å². The second kappa shape index (κ2) is 6.75. The number of hydrazone groups is 1. The first kappa shape index (κ1) is 17.3. The van der Waals surface area contributed by atoms with Gasteiger partial charge in [0.1, 0.15) is 0 Å². The Labute approximate surface area is 146 Å². The van der Waals surface area contributed by atoms with Crippen LogP contribution in [-0.2, 0) is 18.9 Å². The van der Waals surface area contributed by atoms with Crippen LogP contribution in [0.5, 0.6) is 0 Å². The number of amidine groups is 1. The highest BCUT2D eigenvalue weighted by Crippen LogP contribution is 2.20. The van der Waals surface area contributed by atoms with E-state index in [9.17, 15) is 14.4 Å². The van der Waals surface area contributed by atoms with Crippen LogP contribution in [0.1, 0.15) is 19.8 Å². The predicted molar refractivity (Wildman–Crippen MR) is 96.7 cm³/mol. The zero-order chi connectivity index (χ0) is 18.1. The van der Waals surface area contributed by atoms with Crippen molar-refractivity contribution in [3.05, 3.63) is 20.8 Å². The van der Waals surface area contributed by atoms with Crippen LogP contribution in [0.3, 0.4) is 0 Å². The topological polar surface area (TPSA) is 117 Å². The number of amides is 1. The lowest BCUT2D eigenvalue weighted by Gasteiger charge is -2.14. The van der Waals surface area contributed by atoms with Gasteiger partial charge in [0.05, 0.1) is 5.75 Å². The van der Waals surface area contributed by atoms with Crippen molar-refractivity contribution in [2.45, 2.75) is 19.8 Å². The highest BCUT2D eigenvalue weighted by atomic mass is 32.2. The molecule has 1 aliphatic heterocycles. The van der Waals surface area contributed by atoms with E-state index in [0.717, 1.165) is 17.4 Å². The van der Waals surface area contributed by atoms with E-state index in [1.807, 2.05) is 0 Å². The molecule has 2 aromatic rings. The molecule has 2 N–H and O–H groups in total. The highest BCUT2D eigenvalue weighted by molar-refractivity contribution is 8.15. The monoisotopic (exact) mass is 365 g/mol. The summed E-state index contributed by atoms with van der Waals surface area (Å²) in [4.78, 5) is 44.7. The predicted octanol–water partition coefficient (Wildman–Crippen LogP) is 0.0187. The van der Waals surface area contributed by atoms with E-state index in [0.29, 0.717) is 17.5 Å². The number of carbonyl (C=O) groups is 1. The number of H-pyrrole nitrogens is 1. The third-order valence-corrected chi connectivity index (χ3v) is 4.91. The number of hydrogen-bond donors (Lipinski definition) is 2. The summed E-state index contributed by atoms with van der Waals surface area (Å²) in [5.74, 6) is 0.621. The van der Waals surface area contributed by atoms with E-state index in [1.54, 1.807) is 11.9 Å². The number of aromatic amines is 1. The summed E-state index contributed by atoms with van der Waals surface area (Å²) in [5.41, 5.74) is 2.29. The molecule has 0 bridgehead atoms. The number of anilines is 1. The molecule has 134 valence electrons. The summed E-state index contributed by atoms with van der Waals surface area (Å²) in [6.45, 7) is 2.68. The van der Waals surface area contributed by atoms with E-state index in [2.05, 4.69) is 27.4 Å². The summed E-state index contributed by atoms with van der Waals surface area (Å²) < 4.78 is 2.29. The van der Waals surface area contributed by atoms with Crippen LogP contribution >= 0.6 is 11.8 Å². The van der Waals surface area contributed by atoms with Crippen molar-refractivity contribution in [3.63, 3.8) is 0 Å². The molecular formula is C14H19N7O3S. The fraction of sp³-hybridized carbons (Fsp3) is 0.500. The minimum absolute atomic E-state index is 0.0277. The molecule has 0 aliphatic carbocycles. The Hall–Kier alpha value is -2.56. The van der Waals surface area contributed by atoms with Crippen LogP contribution in [0.25, 0.3) is 11.2 Å². The number of nitrogens with zero attached hydrogens (tertiary/aromatic N) is 5. The molecule has 1 aliphatic rings. The van der Waals surface area contributed by atoms with Crippen molar-refractivity contribution < 1.29 is 4.79 Å². The maximum absolute atomic E-state index is 12.1. The molecule has 0 saturated carbocycles. The Bertz CT molecular complexity index is 971. The molecule has 11 heteroatoms. The Morgan fingerprint density at radius 2 is 2.04 bits per heavy atom. The molecule has 25 heavy (non-hydrogen) atoms. The standard InChI is InChI=1S/C14H19N7O3S/c1-4-5-6-21-8(22)7-25-13(21)18-17-12-15-9-10(16-12)19(2)14(24)20(3)11(9)23/h4-7H2,1-3H3,(H2,15,16,17)/b18-13-. The fourth-order valence-corrected chi connectivity index (χ4v) is 3.37. The number of hydrogen-bond acceptors (Lipinski definition) is 7. The Balaban J connectivity index is 1.90. The number of imidazole rings is 1. The van der Waals surface area contributed by atoms with Gasteiger partial charge in [-0.1, -0.05) is 25.1 Å². The van der Waals surface area contributed by atoms with Gasteiger partial charge in [0.15, 0.2) is 16.3 Å². The largest absolute Gasteiger partial charge is 0.332 e. The molecule has 0 radical (unpaired) electrons. The van der Waals surface area contributed by atoms with Crippen LogP contribution in [0.15, 0.2) is 14.7 Å². The van der Waals surface area contributed by atoms with E-state index in [-0.39, 0.29) is 23.0 Å². The number of unbranched alkanes of at least 4 members (excludes halogenated alkanes) is 1. The number of carbonyl (C=O) groups excluding carboxylic acids is 1. The fourth-order valence-electron chi connectivity index (χ4n) is 2.50. The number of nitrogens with one attached hydrogen (secondary N) is 2. The molecule has 0 spiro atoms. The third-order valence-electron chi connectivity index (χ3n) is 3.94. The van der Waals surface area contributed by atoms with Gasteiger partial charge in [-0.05, 0) is 6.42 Å². The third kappa shape index (κ3) is 3.06. The summed E-state index contributed by atoms with van der Waals surface area (Å²) in [6.07, 6.45) is 1.88. The van der Waals surface area contributed by atoms with Crippen molar-refractivity contribution in [2.75, 3.05) is 17.7 Å². The van der Waals surface area contributed by atoms with Crippen molar-refractivity contribution in [2.24, 2.45) is 19.2 Å². The van der Waals surface area contributed by atoms with E-state index in [4.69, 9.17) is 0 Å². The van der Waals surface area contributed by atoms with Gasteiger partial charge >= 0.3 is 5.69 Å². The lowest BCUT2D eigenvalue weighted by atomic mass is 10.3. The molecule has 3 rings (SSSR count). The average molecular weight is 365 g/mol. The Kier molecular flexibility index (Phi) is 4.66. The smallest absolute Gasteiger partial charge is 0.317 e. The van der Waals surface area contributed by atoms with Gasteiger partial charge in [0.2, 0.25) is 11.9 Å². The Morgan fingerprint density at radius 3 is 2.76 bits per heavy atom. The van der Waals surface area contributed by atoms with Crippen molar-refractivity contribution in [3.8, 4) is 0 Å². The first-order chi connectivity index (χ1) is 11.9. The highest BCUT2D eigenvalue weighted by Gasteiger charge is 2.27. The summed E-state index contributed by atoms with van der Waals surface area (Å²) >= 11 is 1.35. The van der Waals surface area contributed by atoms with Gasteiger partial charge in [0, 0.05) is 20.6 Å². The second-order valence-corrected chi connectivity index (χ2v) is 6.63. The first-order valence-corrected chi connectivity index (χ1v) is 8.85. The van der Waals surface area contributed by atoms with Crippen molar-refractivity contribution in [1.82, 2.24) is 24.0 Å². The minimum Gasteiger partial charge on any atom is -0.317 e. The normalized spacial score (nSPS) is 16.4. The molecule has 1 fully saturated rings. The van der Waals surface area contributed by atoms with Crippen LogP contribution in [0, 0.1) is 0 Å². The second-order valence-electron chi connectivity index (χ2n) is 5.68. The number of fused-ring (bicyclic) bond motifs is 1. The summed E-state index contributed by atoms with van der Waals surface area (Å²) in [6, 6.07) is 0. The maximum atomic E-state index is 12.1. The van der Waals surface area contributed by atoms with Crippen LogP contribution in [-0.4, -0.2) is 47.4 Å². The number of thioether (sulfide) groups is 1. The zero-order valence-corrected chi connectivity index (χ0v) is 15.0. The molecule has 1 saturated heterocycles. The summed E-state index contributed by atoms with van der Waals surface area (Å²) in [5, 5.41) is 4.79. The van der Waals surface area contributed by atoms with E-state index < -0.39 is 11.2 Å². The molecule has 1 amide bonds. The number of aryl methyl sites for hydroxylation is 1. The van der Waals surface area contributed by atoms with Gasteiger partial charge in [0.25, 0.3) is 5.56 Å².